The second-order valence-corrected chi connectivity index (χ2v) is 4.82. The zero-order valence-electron chi connectivity index (χ0n) is 12.7. The number of unbranched alkanes of at least 4 members (excludes halogenated alkanes) is 1. The van der Waals surface area contributed by atoms with Crippen molar-refractivity contribution in [3.63, 3.8) is 0 Å². The molecule has 1 heterocycles. The lowest BCUT2D eigenvalue weighted by atomic mass is 10.0. The summed E-state index contributed by atoms with van der Waals surface area (Å²) in [6, 6.07) is -0.0788. The number of amides is 2. The molecular weight excluding hydrogens is 244 g/mol. The molecule has 0 aromatic heterocycles. The van der Waals surface area contributed by atoms with Crippen LogP contribution in [0.2, 0.25) is 0 Å². The fraction of sp³-hybridized carbons (Fsp3) is 0.929. The molecule has 1 aliphatic rings. The van der Waals surface area contributed by atoms with E-state index in [1.54, 1.807) is 0 Å². The van der Waals surface area contributed by atoms with E-state index in [1.165, 1.54) is 0 Å². The fourth-order valence-corrected chi connectivity index (χ4v) is 2.64. The Morgan fingerprint density at radius 1 is 1.21 bits per heavy atom. The average Bonchev–Trinajstić information content (AvgIpc) is 2.63. The van der Waals surface area contributed by atoms with Crippen LogP contribution in [0.3, 0.4) is 0 Å². The SMILES string of the molecule is CCCCC1(OCC)C(OCC)NC(=O)N1CCC. The molecule has 19 heavy (non-hydrogen) atoms. The lowest BCUT2D eigenvalue weighted by molar-refractivity contribution is -0.194. The van der Waals surface area contributed by atoms with E-state index < -0.39 is 5.72 Å². The first-order chi connectivity index (χ1) is 9.16. The molecule has 0 aliphatic carbocycles. The number of carbonyl (C=O) groups excluding carboxylic acids is 1. The van der Waals surface area contributed by atoms with Gasteiger partial charge in [0.2, 0.25) is 0 Å². The molecule has 0 radical (unpaired) electrons. The van der Waals surface area contributed by atoms with Crippen molar-refractivity contribution in [3.05, 3.63) is 0 Å². The minimum atomic E-state index is -0.645. The van der Waals surface area contributed by atoms with Crippen LogP contribution in [0.15, 0.2) is 0 Å². The number of nitrogens with one attached hydrogen (secondary N) is 1. The van der Waals surface area contributed by atoms with E-state index in [0.29, 0.717) is 19.8 Å². The normalized spacial score (nSPS) is 26.8. The molecular formula is C14H28N2O3. The smallest absolute Gasteiger partial charge is 0.321 e. The van der Waals surface area contributed by atoms with Gasteiger partial charge < -0.3 is 14.8 Å². The molecule has 0 bridgehead atoms. The largest absolute Gasteiger partial charge is 0.354 e. The monoisotopic (exact) mass is 272 g/mol. The highest BCUT2D eigenvalue weighted by Gasteiger charge is 2.53. The van der Waals surface area contributed by atoms with Crippen LogP contribution in [-0.4, -0.2) is 42.6 Å². The van der Waals surface area contributed by atoms with Gasteiger partial charge in [-0.05, 0) is 26.7 Å². The second-order valence-electron chi connectivity index (χ2n) is 4.82. The van der Waals surface area contributed by atoms with Crippen LogP contribution in [0, 0.1) is 0 Å². The highest BCUT2D eigenvalue weighted by atomic mass is 16.6. The van der Waals surface area contributed by atoms with E-state index in [4.69, 9.17) is 9.47 Å². The fourth-order valence-electron chi connectivity index (χ4n) is 2.64. The molecule has 0 saturated carbocycles. The van der Waals surface area contributed by atoms with Gasteiger partial charge in [0.05, 0.1) is 0 Å². The molecule has 2 amide bonds. The number of ether oxygens (including phenoxy) is 2. The van der Waals surface area contributed by atoms with Gasteiger partial charge in [-0.2, -0.15) is 0 Å². The third-order valence-electron chi connectivity index (χ3n) is 3.43. The van der Waals surface area contributed by atoms with E-state index in [0.717, 1.165) is 25.7 Å². The van der Waals surface area contributed by atoms with Gasteiger partial charge in [-0.1, -0.05) is 20.3 Å². The van der Waals surface area contributed by atoms with Crippen molar-refractivity contribution in [3.8, 4) is 0 Å². The van der Waals surface area contributed by atoms with Crippen LogP contribution >= 0.6 is 0 Å². The quantitative estimate of drug-likeness (QED) is 0.702. The minimum Gasteiger partial charge on any atom is -0.354 e. The molecule has 1 fully saturated rings. The Bertz CT molecular complexity index is 286. The van der Waals surface area contributed by atoms with Crippen LogP contribution in [0.4, 0.5) is 4.79 Å². The van der Waals surface area contributed by atoms with E-state index in [2.05, 4.69) is 19.2 Å². The second kappa shape index (κ2) is 7.70. The summed E-state index contributed by atoms with van der Waals surface area (Å²) in [7, 11) is 0. The summed E-state index contributed by atoms with van der Waals surface area (Å²) >= 11 is 0. The number of hydrogen-bond donors (Lipinski definition) is 1. The van der Waals surface area contributed by atoms with Crippen molar-refractivity contribution in [1.82, 2.24) is 10.2 Å². The molecule has 1 rings (SSSR count). The minimum absolute atomic E-state index is 0.0788. The van der Waals surface area contributed by atoms with Crippen molar-refractivity contribution < 1.29 is 14.3 Å². The lowest BCUT2D eigenvalue weighted by Gasteiger charge is -2.39. The molecule has 0 aromatic carbocycles. The van der Waals surface area contributed by atoms with Gasteiger partial charge in [-0.3, -0.25) is 4.90 Å². The van der Waals surface area contributed by atoms with E-state index in [-0.39, 0.29) is 12.3 Å². The summed E-state index contributed by atoms with van der Waals surface area (Å²) in [5.41, 5.74) is -0.645. The first-order valence-corrected chi connectivity index (χ1v) is 7.49. The Hall–Kier alpha value is -0.810. The topological polar surface area (TPSA) is 50.8 Å². The molecule has 1 N–H and O–H groups in total. The molecule has 2 atom stereocenters. The van der Waals surface area contributed by atoms with Gasteiger partial charge in [-0.25, -0.2) is 4.79 Å². The van der Waals surface area contributed by atoms with Gasteiger partial charge in [0.25, 0.3) is 0 Å². The Morgan fingerprint density at radius 2 is 1.95 bits per heavy atom. The molecule has 2 unspecified atom stereocenters. The number of hydrogen-bond acceptors (Lipinski definition) is 3. The number of carbonyl (C=O) groups is 1. The number of urea groups is 1. The van der Waals surface area contributed by atoms with E-state index in [9.17, 15) is 4.79 Å². The summed E-state index contributed by atoms with van der Waals surface area (Å²) in [5.74, 6) is 0. The molecule has 5 heteroatoms. The standard InChI is InChI=1S/C14H28N2O3/c1-5-9-10-14(19-8-4)12(18-7-3)15-13(17)16(14)11-6-2/h12H,5-11H2,1-4H3,(H,15,17). The van der Waals surface area contributed by atoms with Gasteiger partial charge in [0.1, 0.15) is 0 Å². The van der Waals surface area contributed by atoms with Crippen LogP contribution in [0.1, 0.15) is 53.4 Å². The maximum atomic E-state index is 12.2. The Balaban J connectivity index is 3.00. The van der Waals surface area contributed by atoms with Gasteiger partial charge in [-0.15, -0.1) is 0 Å². The Morgan fingerprint density at radius 3 is 2.47 bits per heavy atom. The highest BCUT2D eigenvalue weighted by Crippen LogP contribution is 2.34. The zero-order valence-corrected chi connectivity index (χ0v) is 12.7. The Kier molecular flexibility index (Phi) is 6.58. The van der Waals surface area contributed by atoms with Gasteiger partial charge in [0.15, 0.2) is 12.0 Å². The van der Waals surface area contributed by atoms with Crippen molar-refractivity contribution in [2.24, 2.45) is 0 Å². The lowest BCUT2D eigenvalue weighted by Crippen LogP contribution is -2.55. The third-order valence-corrected chi connectivity index (χ3v) is 3.43. The third kappa shape index (κ3) is 3.39. The van der Waals surface area contributed by atoms with Gasteiger partial charge >= 0.3 is 6.03 Å². The molecule has 5 nitrogen and oxygen atoms in total. The summed E-state index contributed by atoms with van der Waals surface area (Å²) < 4.78 is 11.7. The first-order valence-electron chi connectivity index (χ1n) is 7.49. The maximum absolute atomic E-state index is 12.2. The zero-order chi connectivity index (χ0) is 14.3. The summed E-state index contributed by atoms with van der Waals surface area (Å²) in [6.45, 7) is 9.93. The predicted molar refractivity (Wildman–Crippen MR) is 74.8 cm³/mol. The maximum Gasteiger partial charge on any atom is 0.321 e. The predicted octanol–water partition coefficient (Wildman–Crippen LogP) is 2.71. The molecule has 0 aromatic rings. The summed E-state index contributed by atoms with van der Waals surface area (Å²) in [5, 5.41) is 2.91. The van der Waals surface area contributed by atoms with E-state index in [1.807, 2.05) is 18.7 Å². The molecule has 1 saturated heterocycles. The van der Waals surface area contributed by atoms with Crippen LogP contribution in [0.5, 0.6) is 0 Å². The van der Waals surface area contributed by atoms with E-state index >= 15 is 0 Å². The van der Waals surface area contributed by atoms with Gasteiger partial charge in [0, 0.05) is 26.2 Å². The highest BCUT2D eigenvalue weighted by molar-refractivity contribution is 5.78. The van der Waals surface area contributed by atoms with Crippen LogP contribution < -0.4 is 5.32 Å². The summed E-state index contributed by atoms with van der Waals surface area (Å²) in [4.78, 5) is 14.0. The van der Waals surface area contributed by atoms with Crippen molar-refractivity contribution >= 4 is 6.03 Å². The molecule has 112 valence electrons. The summed E-state index contributed by atoms with van der Waals surface area (Å²) in [6.07, 6.45) is 3.43. The van der Waals surface area contributed by atoms with Crippen LogP contribution in [-0.2, 0) is 9.47 Å². The first kappa shape index (κ1) is 16.2. The van der Waals surface area contributed by atoms with Crippen molar-refractivity contribution in [2.75, 3.05) is 19.8 Å². The van der Waals surface area contributed by atoms with Crippen molar-refractivity contribution in [1.29, 1.82) is 0 Å². The number of nitrogens with zero attached hydrogens (tertiary/aromatic N) is 1. The Labute approximate surface area is 116 Å². The van der Waals surface area contributed by atoms with Crippen molar-refractivity contribution in [2.45, 2.75) is 65.3 Å². The average molecular weight is 272 g/mol. The molecule has 1 aliphatic heterocycles. The van der Waals surface area contributed by atoms with Crippen LogP contribution in [0.25, 0.3) is 0 Å². The molecule has 0 spiro atoms. The number of rotatable bonds is 9.